The van der Waals surface area contributed by atoms with E-state index in [1.165, 1.54) is 30.3 Å². The maximum atomic E-state index is 13.0. The molecule has 10 rings (SSSR count). The molecule has 0 heterocycles. The number of hydrogen-bond acceptors (Lipinski definition) is 9. The highest BCUT2D eigenvalue weighted by molar-refractivity contribution is 7.88. The minimum atomic E-state index is -5.72. The van der Waals surface area contributed by atoms with E-state index >= 15 is 0 Å². The van der Waals surface area contributed by atoms with E-state index < -0.39 is 35.9 Å². The third-order valence-electron chi connectivity index (χ3n) is 10.8. The second-order valence-corrected chi connectivity index (χ2v) is 19.7. The molecule has 0 saturated heterocycles. The molecule has 318 valence electrons. The van der Waals surface area contributed by atoms with Gasteiger partial charge in [0.25, 0.3) is 0 Å². The highest BCUT2D eigenvalue weighted by atomic mass is 32.2. The summed E-state index contributed by atoms with van der Waals surface area (Å²) in [5, 5.41) is 2.49. The van der Waals surface area contributed by atoms with Gasteiger partial charge in [0.15, 0.2) is 11.5 Å². The summed E-state index contributed by atoms with van der Waals surface area (Å²) >= 11 is 0. The second-order valence-electron chi connectivity index (χ2n) is 15.1. The van der Waals surface area contributed by atoms with Crippen molar-refractivity contribution in [3.8, 4) is 61.8 Å². The number of hydrogen-bond donors (Lipinski definition) is 0. The lowest BCUT2D eigenvalue weighted by Crippen LogP contribution is -2.28. The Morgan fingerprint density at radius 2 is 0.810 bits per heavy atom. The van der Waals surface area contributed by atoms with Gasteiger partial charge in [-0.2, -0.15) is 38.4 Å². The summed E-state index contributed by atoms with van der Waals surface area (Å²) in [5.41, 5.74) is 4.52. The Morgan fingerprint density at radius 3 is 1.32 bits per heavy atom. The molecule has 0 N–H and O–H groups in total. The molecular formula is C48H33F3O9S3. The van der Waals surface area contributed by atoms with Crippen LogP contribution in [-0.4, -0.2) is 30.8 Å². The summed E-state index contributed by atoms with van der Waals surface area (Å²) in [5.74, 6) is 0.0763. The first kappa shape index (κ1) is 41.7. The Balaban J connectivity index is 0.000000174. The van der Waals surface area contributed by atoms with Crippen LogP contribution in [0.25, 0.3) is 66.1 Å². The topological polar surface area (TPSA) is 130 Å². The Morgan fingerprint density at radius 1 is 0.397 bits per heavy atom. The summed E-state index contributed by atoms with van der Waals surface area (Å²) in [6.45, 7) is 5.71. The fraction of sp³-hybridized carbons (Fsp3) is 0.0833. The molecule has 9 nitrogen and oxygen atoms in total. The Labute approximate surface area is 361 Å². The maximum absolute atomic E-state index is 13.0. The molecule has 0 spiro atoms. The molecule has 2 aliphatic carbocycles. The second kappa shape index (κ2) is 15.0. The monoisotopic (exact) mass is 906 g/mol. The summed E-state index contributed by atoms with van der Waals surface area (Å²) in [7, 11) is -13.8. The van der Waals surface area contributed by atoms with Gasteiger partial charge in [0, 0.05) is 21.5 Å². The van der Waals surface area contributed by atoms with Crippen LogP contribution in [0.5, 0.6) is 17.2 Å². The van der Waals surface area contributed by atoms with Crippen LogP contribution >= 0.6 is 0 Å². The number of benzene rings is 8. The SMILES string of the molecule is Cc1ccc(S(=O)(=O)Oc2ccc3c(c2)-c2cccc4c(OS(=O)(=O)c5ccc(C)cc5)ccc-3c24)cc1.Cc1ccc2c(c1)-c1cccc3c(OS(=O)(=O)C(F)(F)F)ccc-2c13. The average molecular weight is 907 g/mol. The minimum absolute atomic E-state index is 0.0746. The van der Waals surface area contributed by atoms with E-state index in [4.69, 9.17) is 8.37 Å². The van der Waals surface area contributed by atoms with E-state index in [1.807, 2.05) is 75.4 Å². The number of aryl methyl sites for hydroxylation is 3. The van der Waals surface area contributed by atoms with E-state index in [9.17, 15) is 38.4 Å². The molecule has 0 amide bonds. The van der Waals surface area contributed by atoms with Gasteiger partial charge in [0.2, 0.25) is 0 Å². The highest BCUT2D eigenvalue weighted by Crippen LogP contribution is 2.52. The first-order valence-electron chi connectivity index (χ1n) is 19.2. The molecule has 2 aliphatic rings. The Kier molecular flexibility index (Phi) is 9.92. The predicted octanol–water partition coefficient (Wildman–Crippen LogP) is 11.7. The van der Waals surface area contributed by atoms with Gasteiger partial charge in [-0.3, -0.25) is 0 Å². The van der Waals surface area contributed by atoms with E-state index in [0.717, 1.165) is 66.6 Å². The average Bonchev–Trinajstić information content (AvgIpc) is 3.72. The zero-order chi connectivity index (χ0) is 44.6. The first-order valence-corrected chi connectivity index (χ1v) is 23.4. The first-order chi connectivity index (χ1) is 29.8. The third kappa shape index (κ3) is 7.45. The van der Waals surface area contributed by atoms with Crippen molar-refractivity contribution >= 4 is 51.9 Å². The van der Waals surface area contributed by atoms with Gasteiger partial charge >= 0.3 is 35.9 Å². The Bertz CT molecular complexity index is 3530. The van der Waals surface area contributed by atoms with Gasteiger partial charge in [0.05, 0.1) is 0 Å². The molecule has 0 unspecified atom stereocenters. The molecule has 63 heavy (non-hydrogen) atoms. The number of fused-ring (bicyclic) bond motifs is 6. The van der Waals surface area contributed by atoms with Gasteiger partial charge < -0.3 is 12.5 Å². The number of rotatable bonds is 8. The minimum Gasteiger partial charge on any atom is -0.379 e. The zero-order valence-corrected chi connectivity index (χ0v) is 35.8. The molecule has 0 saturated carbocycles. The molecule has 8 aromatic carbocycles. The van der Waals surface area contributed by atoms with E-state index in [1.54, 1.807) is 60.7 Å². The van der Waals surface area contributed by atoms with Crippen molar-refractivity contribution < 1.29 is 51.0 Å². The lowest BCUT2D eigenvalue weighted by Gasteiger charge is -2.12. The van der Waals surface area contributed by atoms with Crippen molar-refractivity contribution in [1.29, 1.82) is 0 Å². The molecular weight excluding hydrogens is 874 g/mol. The normalized spacial score (nSPS) is 12.7. The van der Waals surface area contributed by atoms with Gasteiger partial charge in [-0.15, -0.1) is 0 Å². The van der Waals surface area contributed by atoms with Crippen LogP contribution in [0.2, 0.25) is 0 Å². The lowest BCUT2D eigenvalue weighted by atomic mass is 10.0. The van der Waals surface area contributed by atoms with Crippen LogP contribution in [0.15, 0.2) is 155 Å². The maximum Gasteiger partial charge on any atom is 0.534 e. The van der Waals surface area contributed by atoms with Crippen LogP contribution in [0.4, 0.5) is 13.2 Å². The molecule has 0 aliphatic heterocycles. The predicted molar refractivity (Wildman–Crippen MR) is 235 cm³/mol. The highest BCUT2D eigenvalue weighted by Gasteiger charge is 2.49. The zero-order valence-electron chi connectivity index (χ0n) is 33.4. The molecule has 0 fully saturated rings. The molecule has 0 radical (unpaired) electrons. The smallest absolute Gasteiger partial charge is 0.379 e. The Hall–Kier alpha value is -6.68. The van der Waals surface area contributed by atoms with Gasteiger partial charge in [-0.25, -0.2) is 0 Å². The molecule has 8 aromatic rings. The fourth-order valence-corrected chi connectivity index (χ4v) is 10.2. The van der Waals surface area contributed by atoms with Crippen molar-refractivity contribution in [3.05, 3.63) is 162 Å². The van der Waals surface area contributed by atoms with Crippen LogP contribution < -0.4 is 12.5 Å². The third-order valence-corrected chi connectivity index (χ3v) is 14.3. The van der Waals surface area contributed by atoms with Crippen molar-refractivity contribution in [2.45, 2.75) is 36.1 Å². The largest absolute Gasteiger partial charge is 0.534 e. The molecule has 0 aromatic heterocycles. The van der Waals surface area contributed by atoms with E-state index in [-0.39, 0.29) is 27.0 Å². The van der Waals surface area contributed by atoms with Crippen LogP contribution in [0, 0.1) is 20.8 Å². The van der Waals surface area contributed by atoms with Crippen molar-refractivity contribution in [3.63, 3.8) is 0 Å². The van der Waals surface area contributed by atoms with Crippen LogP contribution in [0.3, 0.4) is 0 Å². The quantitative estimate of drug-likeness (QED) is 0.108. The van der Waals surface area contributed by atoms with Gasteiger partial charge in [-0.1, -0.05) is 95.6 Å². The van der Waals surface area contributed by atoms with Crippen LogP contribution in [0.1, 0.15) is 16.7 Å². The van der Waals surface area contributed by atoms with Crippen molar-refractivity contribution in [2.24, 2.45) is 0 Å². The lowest BCUT2D eigenvalue weighted by molar-refractivity contribution is -0.0499. The molecule has 0 atom stereocenters. The van der Waals surface area contributed by atoms with E-state index in [0.29, 0.717) is 16.2 Å². The summed E-state index contributed by atoms with van der Waals surface area (Å²) in [6.07, 6.45) is 0. The van der Waals surface area contributed by atoms with Crippen molar-refractivity contribution in [2.75, 3.05) is 0 Å². The number of alkyl halides is 3. The van der Waals surface area contributed by atoms with E-state index in [2.05, 4.69) is 4.18 Å². The number of halogens is 3. The summed E-state index contributed by atoms with van der Waals surface area (Å²) in [4.78, 5) is 0.150. The van der Waals surface area contributed by atoms with Gasteiger partial charge in [-0.05, 0) is 132 Å². The molecule has 15 heteroatoms. The molecule has 0 bridgehead atoms. The van der Waals surface area contributed by atoms with Crippen molar-refractivity contribution in [1.82, 2.24) is 0 Å². The van der Waals surface area contributed by atoms with Gasteiger partial charge in [0.1, 0.15) is 15.5 Å². The van der Waals surface area contributed by atoms with Crippen LogP contribution in [-0.2, 0) is 30.4 Å². The standard InChI is InChI=1S/C30H22O6S2.C18H11F3O3S/c1-19-6-11-22(12-7-19)37(31,32)35-21-10-15-24-26-16-17-29(27-5-3-4-25(30(26)27)28(24)18-21)36-38(33,34)23-13-8-20(2)9-14-23;1-10-5-6-11-13-7-8-16(24-25(22,23)18(19,20)21)14-4-2-3-12(17(13)14)15(11)9-10/h3-18H,1-2H3;2-9H,1H3. The fourth-order valence-electron chi connectivity index (χ4n) is 7.87. The summed E-state index contributed by atoms with van der Waals surface area (Å²) in [6, 6.07) is 40.9. The summed E-state index contributed by atoms with van der Waals surface area (Å²) < 4.78 is 128.